The number of halogens is 3. The van der Waals surface area contributed by atoms with Crippen LogP contribution in [0.3, 0.4) is 0 Å². The number of aryl methyl sites for hydroxylation is 2. The molecule has 4 heteroatoms. The van der Waals surface area contributed by atoms with Crippen molar-refractivity contribution in [3.05, 3.63) is 88.7 Å². The van der Waals surface area contributed by atoms with Crippen molar-refractivity contribution in [2.45, 2.75) is 39.7 Å². The van der Waals surface area contributed by atoms with Crippen LogP contribution in [0.1, 0.15) is 37.0 Å². The lowest BCUT2D eigenvalue weighted by atomic mass is 10.0. The fourth-order valence-electron chi connectivity index (χ4n) is 3.14. The van der Waals surface area contributed by atoms with Crippen LogP contribution in [-0.4, -0.2) is 0 Å². The maximum absolute atomic E-state index is 14.3. The van der Waals surface area contributed by atoms with E-state index >= 15 is 0 Å². The van der Waals surface area contributed by atoms with E-state index in [2.05, 4.69) is 0 Å². The van der Waals surface area contributed by atoms with Gasteiger partial charge in [0.25, 0.3) is 0 Å². The molecule has 0 bridgehead atoms. The summed E-state index contributed by atoms with van der Waals surface area (Å²) in [6.07, 6.45) is 2.05. The molecule has 0 saturated carbocycles. The van der Waals surface area contributed by atoms with E-state index < -0.39 is 11.6 Å². The summed E-state index contributed by atoms with van der Waals surface area (Å²) in [5.74, 6) is -1.27. The molecule has 0 atom stereocenters. The van der Waals surface area contributed by atoms with Gasteiger partial charge >= 0.3 is 0 Å². The highest BCUT2D eigenvalue weighted by Crippen LogP contribution is 2.28. The Morgan fingerprint density at radius 1 is 0.786 bits per heavy atom. The lowest BCUT2D eigenvalue weighted by Crippen LogP contribution is -1.98. The second-order valence-corrected chi connectivity index (χ2v) is 6.74. The summed E-state index contributed by atoms with van der Waals surface area (Å²) in [5, 5.41) is 0. The molecule has 3 rings (SSSR count). The predicted molar refractivity (Wildman–Crippen MR) is 106 cm³/mol. The number of ether oxygens (including phenoxy) is 1. The van der Waals surface area contributed by atoms with Gasteiger partial charge in [0, 0.05) is 5.56 Å². The van der Waals surface area contributed by atoms with Gasteiger partial charge in [-0.25, -0.2) is 13.2 Å². The molecule has 0 N–H and O–H groups in total. The standard InChI is InChI=1S/C24H23F3O/c1-3-5-19-7-6-16(14-22(19)25)15-28-20-11-8-18(9-12-20)21-13-10-17(4-2)23(26)24(21)27/h6-14H,3-5,15H2,1-2H3. The van der Waals surface area contributed by atoms with E-state index in [-0.39, 0.29) is 18.0 Å². The molecular weight excluding hydrogens is 361 g/mol. The Labute approximate surface area is 163 Å². The molecule has 0 amide bonds. The first-order chi connectivity index (χ1) is 13.5. The number of rotatable bonds is 7. The second-order valence-electron chi connectivity index (χ2n) is 6.74. The Balaban J connectivity index is 1.70. The second kappa shape index (κ2) is 8.96. The molecule has 28 heavy (non-hydrogen) atoms. The highest BCUT2D eigenvalue weighted by atomic mass is 19.2. The van der Waals surface area contributed by atoms with Gasteiger partial charge < -0.3 is 4.74 Å². The summed E-state index contributed by atoms with van der Waals surface area (Å²) in [4.78, 5) is 0. The molecule has 0 spiro atoms. The largest absolute Gasteiger partial charge is 0.489 e. The highest BCUT2D eigenvalue weighted by molar-refractivity contribution is 5.65. The minimum Gasteiger partial charge on any atom is -0.489 e. The fourth-order valence-corrected chi connectivity index (χ4v) is 3.14. The minimum absolute atomic E-state index is 0.216. The monoisotopic (exact) mass is 384 g/mol. The first kappa shape index (κ1) is 20.0. The van der Waals surface area contributed by atoms with Crippen molar-refractivity contribution >= 4 is 0 Å². The predicted octanol–water partition coefficient (Wildman–Crippen LogP) is 6.86. The van der Waals surface area contributed by atoms with Gasteiger partial charge in [0.2, 0.25) is 0 Å². The normalized spacial score (nSPS) is 10.9. The molecular formula is C24H23F3O. The summed E-state index contributed by atoms with van der Waals surface area (Å²) in [7, 11) is 0. The molecule has 1 nitrogen and oxygen atoms in total. The van der Waals surface area contributed by atoms with E-state index in [0.29, 0.717) is 35.3 Å². The van der Waals surface area contributed by atoms with Crippen LogP contribution in [-0.2, 0) is 19.4 Å². The molecule has 3 aromatic rings. The molecule has 3 aromatic carbocycles. The van der Waals surface area contributed by atoms with Crippen LogP contribution in [0.5, 0.6) is 5.75 Å². The van der Waals surface area contributed by atoms with Crippen molar-refractivity contribution in [3.63, 3.8) is 0 Å². The van der Waals surface area contributed by atoms with Gasteiger partial charge in [-0.05, 0) is 53.3 Å². The molecule has 0 aliphatic carbocycles. The quantitative estimate of drug-likeness (QED) is 0.432. The van der Waals surface area contributed by atoms with Gasteiger partial charge in [-0.2, -0.15) is 0 Å². The maximum Gasteiger partial charge on any atom is 0.166 e. The summed E-state index contributed by atoms with van der Waals surface area (Å²) in [6, 6.07) is 15.1. The Bertz CT molecular complexity index is 949. The minimum atomic E-state index is -0.837. The van der Waals surface area contributed by atoms with Gasteiger partial charge in [0.05, 0.1) is 0 Å². The van der Waals surface area contributed by atoms with Gasteiger partial charge in [0.15, 0.2) is 11.6 Å². The van der Waals surface area contributed by atoms with Crippen LogP contribution in [0.4, 0.5) is 13.2 Å². The zero-order valence-corrected chi connectivity index (χ0v) is 16.1. The molecule has 146 valence electrons. The molecule has 0 aromatic heterocycles. The maximum atomic E-state index is 14.3. The first-order valence-electron chi connectivity index (χ1n) is 9.50. The molecule has 0 saturated heterocycles. The Morgan fingerprint density at radius 2 is 1.50 bits per heavy atom. The van der Waals surface area contributed by atoms with E-state index in [9.17, 15) is 13.2 Å². The van der Waals surface area contributed by atoms with Crippen LogP contribution in [0.15, 0.2) is 54.6 Å². The summed E-state index contributed by atoms with van der Waals surface area (Å²) in [6.45, 7) is 4.03. The lowest BCUT2D eigenvalue weighted by Gasteiger charge is -2.10. The van der Waals surface area contributed by atoms with Crippen LogP contribution >= 0.6 is 0 Å². The van der Waals surface area contributed by atoms with Crippen molar-refractivity contribution in [2.24, 2.45) is 0 Å². The zero-order chi connectivity index (χ0) is 20.1. The van der Waals surface area contributed by atoms with Crippen molar-refractivity contribution in [3.8, 4) is 16.9 Å². The Hall–Kier alpha value is -2.75. The highest BCUT2D eigenvalue weighted by Gasteiger charge is 2.13. The average Bonchev–Trinajstić information content (AvgIpc) is 2.71. The van der Waals surface area contributed by atoms with Crippen LogP contribution in [0.2, 0.25) is 0 Å². The van der Waals surface area contributed by atoms with Crippen LogP contribution < -0.4 is 4.74 Å². The third-order valence-electron chi connectivity index (χ3n) is 4.75. The van der Waals surface area contributed by atoms with Crippen molar-refractivity contribution in [2.75, 3.05) is 0 Å². The SMILES string of the molecule is CCCc1ccc(COc2ccc(-c3ccc(CC)c(F)c3F)cc2)cc1F. The number of hydrogen-bond donors (Lipinski definition) is 0. The third-order valence-corrected chi connectivity index (χ3v) is 4.75. The summed E-state index contributed by atoms with van der Waals surface area (Å²) in [5.41, 5.74) is 2.60. The molecule has 0 fully saturated rings. The molecule has 0 aliphatic rings. The summed E-state index contributed by atoms with van der Waals surface area (Å²) < 4.78 is 48.0. The average molecular weight is 384 g/mol. The van der Waals surface area contributed by atoms with E-state index in [0.717, 1.165) is 12.0 Å². The first-order valence-corrected chi connectivity index (χ1v) is 9.50. The van der Waals surface area contributed by atoms with Crippen molar-refractivity contribution < 1.29 is 17.9 Å². The van der Waals surface area contributed by atoms with Crippen molar-refractivity contribution in [1.82, 2.24) is 0 Å². The van der Waals surface area contributed by atoms with E-state index in [1.807, 2.05) is 13.0 Å². The number of benzene rings is 3. The topological polar surface area (TPSA) is 9.23 Å². The zero-order valence-electron chi connectivity index (χ0n) is 16.1. The van der Waals surface area contributed by atoms with Gasteiger partial charge in [-0.1, -0.05) is 56.7 Å². The Morgan fingerprint density at radius 3 is 2.14 bits per heavy atom. The molecule has 0 heterocycles. The Kier molecular flexibility index (Phi) is 6.40. The van der Waals surface area contributed by atoms with Gasteiger partial charge in [-0.15, -0.1) is 0 Å². The van der Waals surface area contributed by atoms with Crippen LogP contribution in [0.25, 0.3) is 11.1 Å². The number of hydrogen-bond acceptors (Lipinski definition) is 1. The fraction of sp³-hybridized carbons (Fsp3) is 0.250. The van der Waals surface area contributed by atoms with Crippen molar-refractivity contribution in [1.29, 1.82) is 0 Å². The van der Waals surface area contributed by atoms with Gasteiger partial charge in [-0.3, -0.25) is 0 Å². The van der Waals surface area contributed by atoms with E-state index in [1.54, 1.807) is 49.4 Å². The molecule has 0 aliphatic heterocycles. The molecule has 0 radical (unpaired) electrons. The van der Waals surface area contributed by atoms with E-state index in [1.165, 1.54) is 6.07 Å². The van der Waals surface area contributed by atoms with E-state index in [4.69, 9.17) is 4.74 Å². The third kappa shape index (κ3) is 4.38. The summed E-state index contributed by atoms with van der Waals surface area (Å²) >= 11 is 0. The van der Waals surface area contributed by atoms with Crippen LogP contribution in [0, 0.1) is 17.5 Å². The lowest BCUT2D eigenvalue weighted by molar-refractivity contribution is 0.305. The molecule has 0 unspecified atom stereocenters. The van der Waals surface area contributed by atoms with Gasteiger partial charge in [0.1, 0.15) is 18.2 Å². The smallest absolute Gasteiger partial charge is 0.166 e.